The molecule has 4 heteroatoms. The van der Waals surface area contributed by atoms with Gasteiger partial charge in [0.05, 0.1) is 16.6 Å². The Hall–Kier alpha value is -1.26. The standard InChI is InChI=1S/C16H23N3S/c1-5-6-13-15(20-19-18-13)14(17)11-7-9-12(10-8-11)16(2,3)4/h7-10,14H,5-6,17H2,1-4H3. The molecule has 0 radical (unpaired) electrons. The highest BCUT2D eigenvalue weighted by atomic mass is 32.1. The van der Waals surface area contributed by atoms with Crippen molar-refractivity contribution in [3.05, 3.63) is 46.0 Å². The molecular weight excluding hydrogens is 266 g/mol. The fourth-order valence-corrected chi connectivity index (χ4v) is 2.93. The minimum atomic E-state index is -0.120. The molecule has 0 amide bonds. The van der Waals surface area contributed by atoms with Crippen molar-refractivity contribution in [3.63, 3.8) is 0 Å². The Bertz CT molecular complexity index is 552. The zero-order chi connectivity index (χ0) is 14.8. The van der Waals surface area contributed by atoms with Gasteiger partial charge in [-0.3, -0.25) is 0 Å². The van der Waals surface area contributed by atoms with Gasteiger partial charge in [-0.05, 0) is 34.5 Å². The van der Waals surface area contributed by atoms with Crippen molar-refractivity contribution in [2.24, 2.45) is 5.73 Å². The summed E-state index contributed by atoms with van der Waals surface area (Å²) in [6.45, 7) is 8.80. The Morgan fingerprint density at radius 2 is 1.85 bits per heavy atom. The zero-order valence-corrected chi connectivity index (χ0v) is 13.5. The number of nitrogens with zero attached hydrogens (tertiary/aromatic N) is 2. The van der Waals surface area contributed by atoms with Gasteiger partial charge in [-0.1, -0.05) is 62.9 Å². The van der Waals surface area contributed by atoms with Gasteiger partial charge in [0, 0.05) is 0 Å². The molecule has 0 aliphatic heterocycles. The molecular formula is C16H23N3S. The number of hydrogen-bond acceptors (Lipinski definition) is 4. The van der Waals surface area contributed by atoms with Crippen molar-refractivity contribution in [2.75, 3.05) is 0 Å². The fraction of sp³-hybridized carbons (Fsp3) is 0.500. The van der Waals surface area contributed by atoms with E-state index in [2.05, 4.69) is 61.5 Å². The fourth-order valence-electron chi connectivity index (χ4n) is 2.20. The van der Waals surface area contributed by atoms with Crippen molar-refractivity contribution in [2.45, 2.75) is 52.0 Å². The van der Waals surface area contributed by atoms with E-state index in [-0.39, 0.29) is 11.5 Å². The second-order valence-corrected chi connectivity index (χ2v) is 6.97. The number of hydrogen-bond donors (Lipinski definition) is 1. The van der Waals surface area contributed by atoms with Crippen LogP contribution in [0.5, 0.6) is 0 Å². The van der Waals surface area contributed by atoms with Crippen LogP contribution in [0.3, 0.4) is 0 Å². The van der Waals surface area contributed by atoms with E-state index in [1.54, 1.807) is 0 Å². The lowest BCUT2D eigenvalue weighted by Crippen LogP contribution is -2.14. The maximum absolute atomic E-state index is 6.38. The average Bonchev–Trinajstić information content (AvgIpc) is 2.86. The van der Waals surface area contributed by atoms with E-state index >= 15 is 0 Å². The molecule has 0 aliphatic rings. The monoisotopic (exact) mass is 289 g/mol. The second-order valence-electron chi connectivity index (χ2n) is 6.18. The average molecular weight is 289 g/mol. The molecule has 108 valence electrons. The Morgan fingerprint density at radius 3 is 2.40 bits per heavy atom. The maximum atomic E-state index is 6.38. The van der Waals surface area contributed by atoms with Crippen LogP contribution in [0.4, 0.5) is 0 Å². The van der Waals surface area contributed by atoms with Gasteiger partial charge in [0.15, 0.2) is 0 Å². The van der Waals surface area contributed by atoms with Crippen LogP contribution in [0.15, 0.2) is 24.3 Å². The minimum Gasteiger partial charge on any atom is -0.320 e. The van der Waals surface area contributed by atoms with Crippen LogP contribution in [0.25, 0.3) is 0 Å². The first kappa shape index (κ1) is 15.1. The van der Waals surface area contributed by atoms with E-state index in [0.717, 1.165) is 29.0 Å². The molecule has 0 saturated heterocycles. The van der Waals surface area contributed by atoms with Gasteiger partial charge < -0.3 is 5.73 Å². The summed E-state index contributed by atoms with van der Waals surface area (Å²) in [4.78, 5) is 1.09. The van der Waals surface area contributed by atoms with Crippen LogP contribution >= 0.6 is 11.5 Å². The van der Waals surface area contributed by atoms with E-state index in [4.69, 9.17) is 5.73 Å². The predicted molar refractivity (Wildman–Crippen MR) is 85.1 cm³/mol. The van der Waals surface area contributed by atoms with Gasteiger partial charge in [-0.2, -0.15) is 0 Å². The second kappa shape index (κ2) is 6.02. The summed E-state index contributed by atoms with van der Waals surface area (Å²) >= 11 is 1.42. The highest BCUT2D eigenvalue weighted by Crippen LogP contribution is 2.28. The molecule has 2 N–H and O–H groups in total. The summed E-state index contributed by atoms with van der Waals surface area (Å²) < 4.78 is 4.06. The Balaban J connectivity index is 2.25. The summed E-state index contributed by atoms with van der Waals surface area (Å²) in [5, 5.41) is 4.20. The molecule has 1 heterocycles. The minimum absolute atomic E-state index is 0.120. The molecule has 2 aromatic rings. The van der Waals surface area contributed by atoms with Gasteiger partial charge in [0.1, 0.15) is 0 Å². The maximum Gasteiger partial charge on any atom is 0.0807 e. The lowest BCUT2D eigenvalue weighted by molar-refractivity contribution is 0.589. The largest absolute Gasteiger partial charge is 0.320 e. The molecule has 0 bridgehead atoms. The first-order valence-electron chi connectivity index (χ1n) is 7.10. The van der Waals surface area contributed by atoms with Crippen LogP contribution in [0.1, 0.15) is 61.9 Å². The summed E-state index contributed by atoms with van der Waals surface area (Å²) in [5.41, 5.74) is 10.0. The van der Waals surface area contributed by atoms with Crippen LogP contribution in [-0.2, 0) is 11.8 Å². The van der Waals surface area contributed by atoms with Gasteiger partial charge in [-0.15, -0.1) is 5.10 Å². The normalized spacial score (nSPS) is 13.4. The molecule has 2 rings (SSSR count). The van der Waals surface area contributed by atoms with Crippen molar-refractivity contribution >= 4 is 11.5 Å². The van der Waals surface area contributed by atoms with Crippen LogP contribution in [0, 0.1) is 0 Å². The zero-order valence-electron chi connectivity index (χ0n) is 12.7. The van der Waals surface area contributed by atoms with Crippen LogP contribution < -0.4 is 5.73 Å². The number of rotatable bonds is 4. The SMILES string of the molecule is CCCc1nnsc1C(N)c1ccc(C(C)(C)C)cc1. The molecule has 0 spiro atoms. The molecule has 0 fully saturated rings. The third-order valence-corrected chi connectivity index (χ3v) is 4.34. The third-order valence-electron chi connectivity index (χ3n) is 3.49. The van der Waals surface area contributed by atoms with Crippen LogP contribution in [-0.4, -0.2) is 9.59 Å². The van der Waals surface area contributed by atoms with Gasteiger partial charge in [-0.25, -0.2) is 0 Å². The Kier molecular flexibility index (Phi) is 4.55. The van der Waals surface area contributed by atoms with Crippen molar-refractivity contribution in [1.29, 1.82) is 0 Å². The number of benzene rings is 1. The Labute approximate surface area is 125 Å². The topological polar surface area (TPSA) is 51.8 Å². The Morgan fingerprint density at radius 1 is 1.20 bits per heavy atom. The van der Waals surface area contributed by atoms with Gasteiger partial charge >= 0.3 is 0 Å². The quantitative estimate of drug-likeness (QED) is 0.930. The first-order valence-corrected chi connectivity index (χ1v) is 7.88. The smallest absolute Gasteiger partial charge is 0.0807 e. The van der Waals surface area contributed by atoms with E-state index in [0.29, 0.717) is 0 Å². The molecule has 0 saturated carbocycles. The van der Waals surface area contributed by atoms with E-state index in [9.17, 15) is 0 Å². The molecule has 1 aromatic carbocycles. The molecule has 0 aliphatic carbocycles. The number of aryl methyl sites for hydroxylation is 1. The van der Waals surface area contributed by atoms with Crippen molar-refractivity contribution in [3.8, 4) is 0 Å². The van der Waals surface area contributed by atoms with Crippen molar-refractivity contribution in [1.82, 2.24) is 9.59 Å². The molecule has 20 heavy (non-hydrogen) atoms. The molecule has 3 nitrogen and oxygen atoms in total. The summed E-state index contributed by atoms with van der Waals surface area (Å²) in [6, 6.07) is 8.47. The molecule has 1 unspecified atom stereocenters. The molecule has 1 aromatic heterocycles. The van der Waals surface area contributed by atoms with Gasteiger partial charge in [0.25, 0.3) is 0 Å². The van der Waals surface area contributed by atoms with E-state index < -0.39 is 0 Å². The summed E-state index contributed by atoms with van der Waals surface area (Å²) in [6.07, 6.45) is 2.01. The lowest BCUT2D eigenvalue weighted by Gasteiger charge is -2.20. The van der Waals surface area contributed by atoms with Crippen molar-refractivity contribution < 1.29 is 0 Å². The van der Waals surface area contributed by atoms with Gasteiger partial charge in [0.2, 0.25) is 0 Å². The highest BCUT2D eigenvalue weighted by molar-refractivity contribution is 7.05. The lowest BCUT2D eigenvalue weighted by atomic mass is 9.86. The first-order chi connectivity index (χ1) is 9.43. The third kappa shape index (κ3) is 3.25. The summed E-state index contributed by atoms with van der Waals surface area (Å²) in [7, 11) is 0. The highest BCUT2D eigenvalue weighted by Gasteiger charge is 2.18. The summed E-state index contributed by atoms with van der Waals surface area (Å²) in [5.74, 6) is 0. The molecule has 1 atom stereocenters. The van der Waals surface area contributed by atoms with E-state index in [1.165, 1.54) is 17.1 Å². The number of aromatic nitrogens is 2. The van der Waals surface area contributed by atoms with Crippen LogP contribution in [0.2, 0.25) is 0 Å². The number of nitrogens with two attached hydrogens (primary N) is 1. The van der Waals surface area contributed by atoms with E-state index in [1.807, 2.05) is 0 Å². The predicted octanol–water partition coefficient (Wildman–Crippen LogP) is 3.84.